The Labute approximate surface area is 142 Å². The van der Waals surface area contributed by atoms with Gasteiger partial charge >= 0.3 is 0 Å². The molecule has 0 aliphatic heterocycles. The number of rotatable bonds is 4. The molecule has 1 amide bonds. The highest BCUT2D eigenvalue weighted by atomic mass is 16.1. The van der Waals surface area contributed by atoms with Gasteiger partial charge < -0.3 is 9.88 Å². The molecule has 3 aromatic rings. The van der Waals surface area contributed by atoms with E-state index < -0.39 is 0 Å². The first-order chi connectivity index (χ1) is 11.5. The van der Waals surface area contributed by atoms with E-state index in [0.29, 0.717) is 0 Å². The van der Waals surface area contributed by atoms with Gasteiger partial charge in [-0.3, -0.25) is 4.79 Å². The summed E-state index contributed by atoms with van der Waals surface area (Å²) in [7, 11) is 0. The van der Waals surface area contributed by atoms with Gasteiger partial charge in [-0.2, -0.15) is 0 Å². The van der Waals surface area contributed by atoms with Gasteiger partial charge in [-0.05, 0) is 61.6 Å². The zero-order chi connectivity index (χ0) is 17.3. The van der Waals surface area contributed by atoms with E-state index >= 15 is 0 Å². The summed E-state index contributed by atoms with van der Waals surface area (Å²) in [5.74, 6) is -0.0310. The fraction of sp³-hybridized carbons (Fsp3) is 0.300. The van der Waals surface area contributed by atoms with E-state index in [1.807, 2.05) is 23.6 Å². The Hall–Kier alpha value is -2.62. The topological polar surface area (TPSA) is 46.9 Å². The van der Waals surface area contributed by atoms with Gasteiger partial charge in [0.15, 0.2) is 0 Å². The molecule has 1 N–H and O–H groups in total. The molecular weight excluding hydrogens is 298 g/mol. The molecule has 2 aromatic carbocycles. The van der Waals surface area contributed by atoms with Crippen LogP contribution in [0, 0.1) is 20.8 Å². The second-order valence-electron chi connectivity index (χ2n) is 6.31. The molecule has 24 heavy (non-hydrogen) atoms. The Kier molecular flexibility index (Phi) is 4.38. The zero-order valence-electron chi connectivity index (χ0n) is 14.7. The molecule has 0 aliphatic carbocycles. The van der Waals surface area contributed by atoms with Crippen LogP contribution in [0.4, 0.5) is 5.69 Å². The molecule has 1 heterocycles. The molecule has 0 aliphatic rings. The van der Waals surface area contributed by atoms with Crippen LogP contribution in [0.15, 0.2) is 36.7 Å². The summed E-state index contributed by atoms with van der Waals surface area (Å²) in [6, 6.07) is 10.3. The lowest BCUT2D eigenvalue weighted by atomic mass is 10.1. The maximum Gasteiger partial charge on any atom is 0.244 e. The Balaban J connectivity index is 1.85. The Morgan fingerprint density at radius 3 is 2.62 bits per heavy atom. The minimum absolute atomic E-state index is 0.0310. The summed E-state index contributed by atoms with van der Waals surface area (Å²) in [6.07, 6.45) is 2.63. The lowest BCUT2D eigenvalue weighted by Crippen LogP contribution is -2.19. The highest BCUT2D eigenvalue weighted by Crippen LogP contribution is 2.22. The van der Waals surface area contributed by atoms with Crippen LogP contribution < -0.4 is 5.32 Å². The van der Waals surface area contributed by atoms with E-state index in [0.717, 1.165) is 34.3 Å². The van der Waals surface area contributed by atoms with Crippen molar-refractivity contribution in [1.82, 2.24) is 9.55 Å². The minimum Gasteiger partial charge on any atom is -0.324 e. The number of amides is 1. The van der Waals surface area contributed by atoms with Crippen molar-refractivity contribution >= 4 is 22.6 Å². The predicted molar refractivity (Wildman–Crippen MR) is 98.4 cm³/mol. The number of para-hydroxylation sites is 1. The molecule has 4 heteroatoms. The number of carbonyl (C=O) groups is 1. The first-order valence-corrected chi connectivity index (χ1v) is 8.30. The molecule has 0 fully saturated rings. The summed E-state index contributed by atoms with van der Waals surface area (Å²) in [5, 5.41) is 3.07. The number of anilines is 1. The number of fused-ring (bicyclic) bond motifs is 1. The van der Waals surface area contributed by atoms with Crippen LogP contribution in [0.1, 0.15) is 29.2 Å². The Bertz CT molecular complexity index is 909. The molecular formula is C20H23N3O. The number of aryl methyl sites for hydroxylation is 4. The van der Waals surface area contributed by atoms with Crippen LogP contribution in [0.25, 0.3) is 11.0 Å². The van der Waals surface area contributed by atoms with Gasteiger partial charge in [-0.1, -0.05) is 25.1 Å². The van der Waals surface area contributed by atoms with Gasteiger partial charge in [0.1, 0.15) is 6.54 Å². The number of hydrogen-bond acceptors (Lipinski definition) is 2. The first-order valence-electron chi connectivity index (χ1n) is 8.30. The first kappa shape index (κ1) is 16.2. The lowest BCUT2D eigenvalue weighted by molar-refractivity contribution is -0.116. The molecule has 124 valence electrons. The molecule has 1 aromatic heterocycles. The second-order valence-corrected chi connectivity index (χ2v) is 6.31. The molecule has 0 bridgehead atoms. The van der Waals surface area contributed by atoms with E-state index in [9.17, 15) is 4.79 Å². The quantitative estimate of drug-likeness (QED) is 0.784. The van der Waals surface area contributed by atoms with Crippen molar-refractivity contribution in [3.05, 3.63) is 58.9 Å². The third-order valence-electron chi connectivity index (χ3n) is 4.55. The molecule has 0 saturated heterocycles. The average molecular weight is 321 g/mol. The van der Waals surface area contributed by atoms with Gasteiger partial charge in [0.25, 0.3) is 0 Å². The Morgan fingerprint density at radius 2 is 1.88 bits per heavy atom. The van der Waals surface area contributed by atoms with Gasteiger partial charge in [-0.15, -0.1) is 0 Å². The van der Waals surface area contributed by atoms with E-state index in [4.69, 9.17) is 0 Å². The van der Waals surface area contributed by atoms with Crippen molar-refractivity contribution in [3.8, 4) is 0 Å². The SMILES string of the molecule is CCc1cccc(C)c1NC(=O)Cn1cnc2cc(C)c(C)cc21. The van der Waals surface area contributed by atoms with Crippen LogP contribution in [-0.2, 0) is 17.8 Å². The number of nitrogens with one attached hydrogen (secondary N) is 1. The van der Waals surface area contributed by atoms with Gasteiger partial charge in [0, 0.05) is 5.69 Å². The van der Waals surface area contributed by atoms with E-state index in [1.54, 1.807) is 6.33 Å². The average Bonchev–Trinajstić information content (AvgIpc) is 2.91. The molecule has 0 spiro atoms. The summed E-state index contributed by atoms with van der Waals surface area (Å²) < 4.78 is 1.90. The highest BCUT2D eigenvalue weighted by Gasteiger charge is 2.11. The van der Waals surface area contributed by atoms with Crippen molar-refractivity contribution in [2.45, 2.75) is 40.7 Å². The maximum absolute atomic E-state index is 12.5. The summed E-state index contributed by atoms with van der Waals surface area (Å²) in [6.45, 7) is 8.53. The lowest BCUT2D eigenvalue weighted by Gasteiger charge is -2.13. The van der Waals surface area contributed by atoms with E-state index in [-0.39, 0.29) is 12.5 Å². The number of imidazole rings is 1. The smallest absolute Gasteiger partial charge is 0.244 e. The zero-order valence-corrected chi connectivity index (χ0v) is 14.7. The van der Waals surface area contributed by atoms with E-state index in [1.165, 1.54) is 11.1 Å². The van der Waals surface area contributed by atoms with Crippen LogP contribution in [-0.4, -0.2) is 15.5 Å². The number of nitrogens with zero attached hydrogens (tertiary/aromatic N) is 2. The van der Waals surface area contributed by atoms with E-state index in [2.05, 4.69) is 49.3 Å². The highest BCUT2D eigenvalue weighted by molar-refractivity contribution is 5.93. The maximum atomic E-state index is 12.5. The van der Waals surface area contributed by atoms with Crippen LogP contribution in [0.3, 0.4) is 0 Å². The third-order valence-corrected chi connectivity index (χ3v) is 4.55. The fourth-order valence-electron chi connectivity index (χ4n) is 2.97. The van der Waals surface area contributed by atoms with Crippen molar-refractivity contribution in [2.75, 3.05) is 5.32 Å². The monoisotopic (exact) mass is 321 g/mol. The second kappa shape index (κ2) is 6.48. The summed E-state index contributed by atoms with van der Waals surface area (Å²) >= 11 is 0. The van der Waals surface area contributed by atoms with Crippen LogP contribution in [0.2, 0.25) is 0 Å². The van der Waals surface area contributed by atoms with Crippen LogP contribution >= 0.6 is 0 Å². The molecule has 3 rings (SSSR count). The molecule has 4 nitrogen and oxygen atoms in total. The molecule has 0 saturated carbocycles. The Morgan fingerprint density at radius 1 is 1.12 bits per heavy atom. The third kappa shape index (κ3) is 3.04. The van der Waals surface area contributed by atoms with Gasteiger partial charge in [-0.25, -0.2) is 4.98 Å². The number of hydrogen-bond donors (Lipinski definition) is 1. The van der Waals surface area contributed by atoms with Crippen molar-refractivity contribution in [1.29, 1.82) is 0 Å². The minimum atomic E-state index is -0.0310. The van der Waals surface area contributed by atoms with Crippen molar-refractivity contribution in [2.24, 2.45) is 0 Å². The molecule has 0 radical (unpaired) electrons. The largest absolute Gasteiger partial charge is 0.324 e. The van der Waals surface area contributed by atoms with Crippen molar-refractivity contribution < 1.29 is 4.79 Å². The molecule has 0 unspecified atom stereocenters. The fourth-order valence-corrected chi connectivity index (χ4v) is 2.97. The summed E-state index contributed by atoms with van der Waals surface area (Å²) in [5.41, 5.74) is 7.52. The normalized spacial score (nSPS) is 11.0. The predicted octanol–water partition coefficient (Wildman–Crippen LogP) is 4.16. The molecule has 0 atom stereocenters. The number of carbonyl (C=O) groups excluding carboxylic acids is 1. The van der Waals surface area contributed by atoms with Crippen molar-refractivity contribution in [3.63, 3.8) is 0 Å². The number of benzene rings is 2. The van der Waals surface area contributed by atoms with Crippen LogP contribution in [0.5, 0.6) is 0 Å². The van der Waals surface area contributed by atoms with Gasteiger partial charge in [0.05, 0.1) is 17.4 Å². The van der Waals surface area contributed by atoms with Gasteiger partial charge in [0.2, 0.25) is 5.91 Å². The standard InChI is InChI=1S/C20H23N3O/c1-5-16-8-6-7-13(2)20(16)22-19(24)11-23-12-21-17-9-14(3)15(4)10-18(17)23/h6-10,12H,5,11H2,1-4H3,(H,22,24). The number of aromatic nitrogens is 2. The summed E-state index contributed by atoms with van der Waals surface area (Å²) in [4.78, 5) is 17.0.